The molecule has 0 saturated carbocycles. The first kappa shape index (κ1) is 17.1. The molecule has 0 fully saturated rings. The summed E-state index contributed by atoms with van der Waals surface area (Å²) in [5, 5.41) is 5.01. The van der Waals surface area contributed by atoms with E-state index in [2.05, 4.69) is 10.6 Å². The van der Waals surface area contributed by atoms with Crippen molar-refractivity contribution in [1.29, 1.82) is 0 Å². The quantitative estimate of drug-likeness (QED) is 0.786. The van der Waals surface area contributed by atoms with E-state index in [4.69, 9.17) is 11.6 Å². The number of amides is 2. The second-order valence-corrected chi connectivity index (χ2v) is 5.33. The maximum Gasteiger partial charge on any atom is 0.416 e. The monoisotopic (exact) mass is 342 g/mol. The van der Waals surface area contributed by atoms with Crippen LogP contribution in [0.3, 0.4) is 0 Å². The fraction of sp³-hybridized carbons (Fsp3) is 0.188. The van der Waals surface area contributed by atoms with E-state index in [0.717, 1.165) is 23.8 Å². The highest BCUT2D eigenvalue weighted by Gasteiger charge is 2.31. The third-order valence-corrected chi connectivity index (χ3v) is 3.52. The number of hydrogen-bond donors (Lipinski definition) is 2. The Balaban J connectivity index is 2.08. The van der Waals surface area contributed by atoms with Gasteiger partial charge in [-0.25, -0.2) is 4.79 Å². The second-order valence-electron chi connectivity index (χ2n) is 4.92. The summed E-state index contributed by atoms with van der Waals surface area (Å²) in [6.07, 6.45) is -4.51. The lowest BCUT2D eigenvalue weighted by atomic mass is 10.1. The Kier molecular flexibility index (Phi) is 5.15. The number of urea groups is 1. The molecule has 23 heavy (non-hydrogen) atoms. The molecule has 0 radical (unpaired) electrons. The van der Waals surface area contributed by atoms with Crippen LogP contribution in [0.5, 0.6) is 0 Å². The number of carbonyl (C=O) groups excluding carboxylic acids is 1. The first-order valence-corrected chi connectivity index (χ1v) is 7.14. The van der Waals surface area contributed by atoms with E-state index in [-0.39, 0.29) is 16.8 Å². The molecule has 2 rings (SSSR count). The van der Waals surface area contributed by atoms with Crippen LogP contribution in [0.15, 0.2) is 48.5 Å². The molecule has 2 N–H and O–H groups in total. The molecule has 0 spiro atoms. The molecule has 2 amide bonds. The summed E-state index contributed by atoms with van der Waals surface area (Å²) < 4.78 is 38.1. The van der Waals surface area contributed by atoms with Crippen LogP contribution in [0.2, 0.25) is 5.02 Å². The van der Waals surface area contributed by atoms with Crippen LogP contribution in [0.4, 0.5) is 23.7 Å². The van der Waals surface area contributed by atoms with Crippen molar-refractivity contribution in [3.63, 3.8) is 0 Å². The minimum Gasteiger partial charge on any atom is -0.331 e. The summed E-state index contributed by atoms with van der Waals surface area (Å²) in [6.45, 7) is 1.77. The average molecular weight is 343 g/mol. The highest BCUT2D eigenvalue weighted by molar-refractivity contribution is 6.33. The van der Waals surface area contributed by atoms with Crippen LogP contribution < -0.4 is 10.6 Å². The van der Waals surface area contributed by atoms with Gasteiger partial charge in [-0.15, -0.1) is 0 Å². The zero-order chi connectivity index (χ0) is 17.0. The molecule has 1 atom stereocenters. The van der Waals surface area contributed by atoms with Crippen molar-refractivity contribution in [2.24, 2.45) is 0 Å². The van der Waals surface area contributed by atoms with Gasteiger partial charge in [-0.05, 0) is 30.7 Å². The molecule has 0 aliphatic rings. The lowest BCUT2D eigenvalue weighted by Gasteiger charge is -2.16. The van der Waals surface area contributed by atoms with Gasteiger partial charge in [0.25, 0.3) is 0 Å². The van der Waals surface area contributed by atoms with E-state index in [0.29, 0.717) is 0 Å². The SMILES string of the molecule is C[C@H](NC(=O)Nc1cc(C(F)(F)F)ccc1Cl)c1ccccc1. The lowest BCUT2D eigenvalue weighted by molar-refractivity contribution is -0.137. The van der Waals surface area contributed by atoms with Crippen molar-refractivity contribution in [1.82, 2.24) is 5.32 Å². The molecule has 3 nitrogen and oxygen atoms in total. The van der Waals surface area contributed by atoms with E-state index in [1.807, 2.05) is 30.3 Å². The van der Waals surface area contributed by atoms with Crippen molar-refractivity contribution >= 4 is 23.3 Å². The fourth-order valence-corrected chi connectivity index (χ4v) is 2.14. The van der Waals surface area contributed by atoms with Gasteiger partial charge in [0.15, 0.2) is 0 Å². The molecule has 2 aromatic carbocycles. The molecule has 0 bridgehead atoms. The molecule has 0 aliphatic carbocycles. The smallest absolute Gasteiger partial charge is 0.331 e. The van der Waals surface area contributed by atoms with Gasteiger partial charge >= 0.3 is 12.2 Å². The molecule has 0 aliphatic heterocycles. The van der Waals surface area contributed by atoms with Crippen molar-refractivity contribution < 1.29 is 18.0 Å². The van der Waals surface area contributed by atoms with E-state index < -0.39 is 17.8 Å². The molecular weight excluding hydrogens is 329 g/mol. The Bertz CT molecular complexity index is 689. The maximum atomic E-state index is 12.7. The van der Waals surface area contributed by atoms with Crippen LogP contribution in [0.1, 0.15) is 24.1 Å². The standard InChI is InChI=1S/C16H14ClF3N2O/c1-10(11-5-3-2-4-6-11)21-15(23)22-14-9-12(16(18,19)20)7-8-13(14)17/h2-10H,1H3,(H2,21,22,23)/t10-/m0/s1. The number of rotatable bonds is 3. The van der Waals surface area contributed by atoms with Crippen LogP contribution >= 0.6 is 11.6 Å². The molecular formula is C16H14ClF3N2O. The molecule has 0 aromatic heterocycles. The van der Waals surface area contributed by atoms with Gasteiger partial charge in [-0.2, -0.15) is 13.2 Å². The number of anilines is 1. The number of carbonyl (C=O) groups is 1. The Hall–Kier alpha value is -2.21. The summed E-state index contributed by atoms with van der Waals surface area (Å²) in [5.41, 5.74) is -0.106. The van der Waals surface area contributed by atoms with Gasteiger partial charge in [-0.3, -0.25) is 0 Å². The van der Waals surface area contributed by atoms with Gasteiger partial charge in [0.1, 0.15) is 0 Å². The Morgan fingerprint density at radius 1 is 1.13 bits per heavy atom. The van der Waals surface area contributed by atoms with E-state index >= 15 is 0 Å². The minimum atomic E-state index is -4.51. The van der Waals surface area contributed by atoms with Gasteiger partial charge in [0.05, 0.1) is 22.3 Å². The van der Waals surface area contributed by atoms with Gasteiger partial charge in [0, 0.05) is 0 Å². The largest absolute Gasteiger partial charge is 0.416 e. The van der Waals surface area contributed by atoms with Crippen LogP contribution in [0, 0.1) is 0 Å². The summed E-state index contributed by atoms with van der Waals surface area (Å²) in [5.74, 6) is 0. The molecule has 122 valence electrons. The summed E-state index contributed by atoms with van der Waals surface area (Å²) in [4.78, 5) is 11.9. The number of alkyl halides is 3. The molecule has 7 heteroatoms. The summed E-state index contributed by atoms with van der Waals surface area (Å²) in [7, 11) is 0. The fourth-order valence-electron chi connectivity index (χ4n) is 1.98. The highest BCUT2D eigenvalue weighted by atomic mass is 35.5. The maximum absolute atomic E-state index is 12.7. The summed E-state index contributed by atoms with van der Waals surface area (Å²) >= 11 is 5.83. The van der Waals surface area contributed by atoms with E-state index in [9.17, 15) is 18.0 Å². The lowest BCUT2D eigenvalue weighted by Crippen LogP contribution is -2.31. The summed E-state index contributed by atoms with van der Waals surface area (Å²) in [6, 6.07) is 11.0. The van der Waals surface area contributed by atoms with Crippen molar-refractivity contribution in [2.75, 3.05) is 5.32 Å². The average Bonchev–Trinajstić information content (AvgIpc) is 2.49. The predicted octanol–water partition coefficient (Wildman–Crippen LogP) is 5.24. The topological polar surface area (TPSA) is 41.1 Å². The Morgan fingerprint density at radius 2 is 1.78 bits per heavy atom. The minimum absolute atomic E-state index is 0.0283. The van der Waals surface area contributed by atoms with Crippen LogP contribution in [0.25, 0.3) is 0 Å². The molecule has 2 aromatic rings. The second kappa shape index (κ2) is 6.91. The molecule has 0 unspecified atom stereocenters. The zero-order valence-corrected chi connectivity index (χ0v) is 12.9. The first-order chi connectivity index (χ1) is 10.8. The normalized spacial score (nSPS) is 12.6. The number of halogens is 4. The third-order valence-electron chi connectivity index (χ3n) is 3.19. The third kappa shape index (κ3) is 4.63. The van der Waals surface area contributed by atoms with E-state index in [1.165, 1.54) is 0 Å². The van der Waals surface area contributed by atoms with Crippen molar-refractivity contribution in [3.05, 3.63) is 64.7 Å². The van der Waals surface area contributed by atoms with E-state index in [1.54, 1.807) is 6.92 Å². The molecule has 0 saturated heterocycles. The Morgan fingerprint density at radius 3 is 2.39 bits per heavy atom. The van der Waals surface area contributed by atoms with Crippen molar-refractivity contribution in [2.45, 2.75) is 19.1 Å². The van der Waals surface area contributed by atoms with Crippen LogP contribution in [-0.4, -0.2) is 6.03 Å². The zero-order valence-electron chi connectivity index (χ0n) is 12.1. The predicted molar refractivity (Wildman–Crippen MR) is 83.5 cm³/mol. The molecule has 0 heterocycles. The first-order valence-electron chi connectivity index (χ1n) is 6.76. The number of benzene rings is 2. The van der Waals surface area contributed by atoms with Gasteiger partial charge in [-0.1, -0.05) is 41.9 Å². The number of hydrogen-bond acceptors (Lipinski definition) is 1. The van der Waals surface area contributed by atoms with Crippen LogP contribution in [-0.2, 0) is 6.18 Å². The number of nitrogens with one attached hydrogen (secondary N) is 2. The van der Waals surface area contributed by atoms with Gasteiger partial charge in [0.2, 0.25) is 0 Å². The highest BCUT2D eigenvalue weighted by Crippen LogP contribution is 2.33. The Labute approximate surface area is 136 Å². The van der Waals surface area contributed by atoms with Crippen molar-refractivity contribution in [3.8, 4) is 0 Å². The van der Waals surface area contributed by atoms with Gasteiger partial charge < -0.3 is 10.6 Å².